The molecule has 0 saturated heterocycles. The molecule has 0 atom stereocenters. The normalized spacial score (nSPS) is 11.6. The minimum atomic E-state index is 0.667. The van der Waals surface area contributed by atoms with Gasteiger partial charge in [-0.15, -0.1) is 0 Å². The molecule has 0 bridgehead atoms. The second kappa shape index (κ2) is 2.86. The quantitative estimate of drug-likeness (QED) is 0.709. The molecule has 2 aromatic rings. The van der Waals surface area contributed by atoms with E-state index in [1.54, 1.807) is 17.5 Å². The Morgan fingerprint density at radius 3 is 3.08 bits per heavy atom. The summed E-state index contributed by atoms with van der Waals surface area (Å²) in [5, 5.41) is 5.56. The van der Waals surface area contributed by atoms with E-state index < -0.39 is 0 Å². The topological polar surface area (TPSA) is 30.2 Å². The first-order valence-corrected chi connectivity index (χ1v) is 4.86. The van der Waals surface area contributed by atoms with E-state index in [1.165, 1.54) is 5.01 Å². The van der Waals surface area contributed by atoms with E-state index in [0.717, 1.165) is 11.4 Å². The minimum absolute atomic E-state index is 0.667. The summed E-state index contributed by atoms with van der Waals surface area (Å²) >= 11 is 1.67. The maximum atomic E-state index is 4.39. The highest BCUT2D eigenvalue weighted by molar-refractivity contribution is 7.16. The van der Waals surface area contributed by atoms with Gasteiger partial charge in [-0.1, -0.05) is 25.2 Å². The highest BCUT2D eigenvalue weighted by atomic mass is 32.1. The Bertz CT molecular complexity index is 346. The van der Waals surface area contributed by atoms with Crippen LogP contribution in [0.2, 0.25) is 0 Å². The molecular formula is C8H11N3S. The number of rotatable bonds is 2. The van der Waals surface area contributed by atoms with Crippen molar-refractivity contribution in [1.82, 2.24) is 14.6 Å². The lowest BCUT2D eigenvalue weighted by Gasteiger charge is -1.96. The van der Waals surface area contributed by atoms with Crippen LogP contribution >= 0.6 is 11.3 Å². The molecule has 2 heterocycles. The number of imidazole rings is 1. The predicted octanol–water partition coefficient (Wildman–Crippen LogP) is 1.99. The van der Waals surface area contributed by atoms with Crippen molar-refractivity contribution >= 4 is 16.3 Å². The van der Waals surface area contributed by atoms with Gasteiger partial charge in [0.15, 0.2) is 0 Å². The molecule has 0 aliphatic carbocycles. The van der Waals surface area contributed by atoms with E-state index in [9.17, 15) is 0 Å². The third kappa shape index (κ3) is 1.34. The molecule has 0 N–H and O–H groups in total. The fourth-order valence-corrected chi connectivity index (χ4v) is 2.18. The highest BCUT2D eigenvalue weighted by Crippen LogP contribution is 2.15. The maximum Gasteiger partial charge on any atom is 0.212 e. The maximum absolute atomic E-state index is 4.39. The fraction of sp³-hybridized carbons (Fsp3) is 0.500. The Morgan fingerprint density at radius 2 is 2.42 bits per heavy atom. The van der Waals surface area contributed by atoms with Crippen LogP contribution in [0, 0.1) is 5.92 Å². The van der Waals surface area contributed by atoms with Gasteiger partial charge in [-0.25, -0.2) is 9.50 Å². The Hall–Kier alpha value is -0.900. The van der Waals surface area contributed by atoms with Gasteiger partial charge in [0.2, 0.25) is 4.96 Å². The van der Waals surface area contributed by atoms with Gasteiger partial charge in [0.1, 0.15) is 5.01 Å². The van der Waals surface area contributed by atoms with Crippen molar-refractivity contribution in [3.05, 3.63) is 17.4 Å². The van der Waals surface area contributed by atoms with Gasteiger partial charge in [-0.3, -0.25) is 0 Å². The van der Waals surface area contributed by atoms with E-state index >= 15 is 0 Å². The Labute approximate surface area is 75.1 Å². The Balaban J connectivity index is 2.32. The van der Waals surface area contributed by atoms with Crippen LogP contribution in [-0.2, 0) is 6.42 Å². The molecule has 0 aliphatic heterocycles. The Morgan fingerprint density at radius 1 is 1.58 bits per heavy atom. The second-order valence-corrected chi connectivity index (χ2v) is 4.29. The second-order valence-electron chi connectivity index (χ2n) is 3.25. The third-order valence-electron chi connectivity index (χ3n) is 1.60. The number of hydrogen-bond donors (Lipinski definition) is 0. The van der Waals surface area contributed by atoms with Gasteiger partial charge >= 0.3 is 0 Å². The first-order chi connectivity index (χ1) is 5.75. The largest absolute Gasteiger partial charge is 0.226 e. The molecule has 3 nitrogen and oxygen atoms in total. The molecule has 0 unspecified atom stereocenters. The first kappa shape index (κ1) is 7.73. The van der Waals surface area contributed by atoms with Crippen LogP contribution in [0.5, 0.6) is 0 Å². The summed E-state index contributed by atoms with van der Waals surface area (Å²) in [5.74, 6) is 0.667. The van der Waals surface area contributed by atoms with E-state index in [1.807, 2.05) is 10.7 Å². The third-order valence-corrected chi connectivity index (χ3v) is 2.56. The van der Waals surface area contributed by atoms with E-state index in [2.05, 4.69) is 23.9 Å². The van der Waals surface area contributed by atoms with Crippen LogP contribution in [0.3, 0.4) is 0 Å². The average molecular weight is 181 g/mol. The monoisotopic (exact) mass is 181 g/mol. The average Bonchev–Trinajstić information content (AvgIpc) is 2.43. The molecule has 0 spiro atoms. The Kier molecular flexibility index (Phi) is 1.84. The van der Waals surface area contributed by atoms with Crippen LogP contribution in [-0.4, -0.2) is 14.6 Å². The SMILES string of the molecule is CC(C)Cc1nn2ccnc2s1. The zero-order valence-electron chi connectivity index (χ0n) is 7.19. The molecule has 12 heavy (non-hydrogen) atoms. The summed E-state index contributed by atoms with van der Waals surface area (Å²) in [6.45, 7) is 4.40. The summed E-state index contributed by atoms with van der Waals surface area (Å²) < 4.78 is 1.84. The van der Waals surface area contributed by atoms with Gasteiger partial charge in [-0.05, 0) is 5.92 Å². The molecule has 0 aromatic carbocycles. The summed E-state index contributed by atoms with van der Waals surface area (Å²) in [7, 11) is 0. The molecule has 64 valence electrons. The molecule has 2 aromatic heterocycles. The molecule has 0 fully saturated rings. The van der Waals surface area contributed by atoms with Crippen molar-refractivity contribution in [1.29, 1.82) is 0 Å². The molecule has 0 aliphatic rings. The lowest BCUT2D eigenvalue weighted by Crippen LogP contribution is -1.93. The van der Waals surface area contributed by atoms with Crippen molar-refractivity contribution in [2.24, 2.45) is 5.92 Å². The van der Waals surface area contributed by atoms with Gasteiger partial charge in [0.05, 0.1) is 6.20 Å². The van der Waals surface area contributed by atoms with Gasteiger partial charge < -0.3 is 0 Å². The number of hydrogen-bond acceptors (Lipinski definition) is 3. The molecular weight excluding hydrogens is 170 g/mol. The van der Waals surface area contributed by atoms with Gasteiger partial charge in [0, 0.05) is 12.6 Å². The van der Waals surface area contributed by atoms with Crippen LogP contribution < -0.4 is 0 Å². The highest BCUT2D eigenvalue weighted by Gasteiger charge is 2.05. The molecule has 2 rings (SSSR count). The van der Waals surface area contributed by atoms with Crippen molar-refractivity contribution < 1.29 is 0 Å². The summed E-state index contributed by atoms with van der Waals surface area (Å²) in [6, 6.07) is 0. The van der Waals surface area contributed by atoms with E-state index in [0.29, 0.717) is 5.92 Å². The number of fused-ring (bicyclic) bond motifs is 1. The standard InChI is InChI=1S/C8H11N3S/c1-6(2)5-7-10-11-4-3-9-8(11)12-7/h3-4,6H,5H2,1-2H3. The van der Waals surface area contributed by atoms with Crippen molar-refractivity contribution in [2.45, 2.75) is 20.3 Å². The molecule has 0 saturated carbocycles. The van der Waals surface area contributed by atoms with Crippen LogP contribution in [0.25, 0.3) is 4.96 Å². The predicted molar refractivity (Wildman–Crippen MR) is 49.4 cm³/mol. The zero-order chi connectivity index (χ0) is 8.55. The van der Waals surface area contributed by atoms with Crippen molar-refractivity contribution in [2.75, 3.05) is 0 Å². The summed E-state index contributed by atoms with van der Waals surface area (Å²) in [4.78, 5) is 5.16. The minimum Gasteiger partial charge on any atom is -0.226 e. The fourth-order valence-electron chi connectivity index (χ4n) is 1.11. The van der Waals surface area contributed by atoms with Gasteiger partial charge in [0.25, 0.3) is 0 Å². The zero-order valence-corrected chi connectivity index (χ0v) is 8.01. The van der Waals surface area contributed by atoms with Crippen LogP contribution in [0.15, 0.2) is 12.4 Å². The van der Waals surface area contributed by atoms with E-state index in [-0.39, 0.29) is 0 Å². The van der Waals surface area contributed by atoms with Crippen LogP contribution in [0.1, 0.15) is 18.9 Å². The lowest BCUT2D eigenvalue weighted by molar-refractivity contribution is 0.637. The smallest absolute Gasteiger partial charge is 0.212 e. The molecule has 0 radical (unpaired) electrons. The van der Waals surface area contributed by atoms with Crippen molar-refractivity contribution in [3.8, 4) is 0 Å². The number of aromatic nitrogens is 3. The van der Waals surface area contributed by atoms with E-state index in [4.69, 9.17) is 0 Å². The van der Waals surface area contributed by atoms with Gasteiger partial charge in [-0.2, -0.15) is 5.10 Å². The lowest BCUT2D eigenvalue weighted by atomic mass is 10.1. The molecule has 4 heteroatoms. The van der Waals surface area contributed by atoms with Crippen LogP contribution in [0.4, 0.5) is 0 Å². The molecule has 0 amide bonds. The summed E-state index contributed by atoms with van der Waals surface area (Å²) in [5.41, 5.74) is 0. The van der Waals surface area contributed by atoms with Crippen molar-refractivity contribution in [3.63, 3.8) is 0 Å². The number of nitrogens with zero attached hydrogens (tertiary/aromatic N) is 3. The first-order valence-electron chi connectivity index (χ1n) is 4.05. The summed E-state index contributed by atoms with van der Waals surface area (Å²) in [6.07, 6.45) is 4.71.